The van der Waals surface area contributed by atoms with Gasteiger partial charge in [0.2, 0.25) is 0 Å². The second-order valence-electron chi connectivity index (χ2n) is 4.45. The maximum atomic E-state index is 11.8. The molecule has 0 saturated carbocycles. The number of anilines is 1. The van der Waals surface area contributed by atoms with E-state index in [1.807, 2.05) is 18.2 Å². The van der Waals surface area contributed by atoms with Gasteiger partial charge >= 0.3 is 0 Å². The van der Waals surface area contributed by atoms with Crippen LogP contribution < -0.4 is 10.6 Å². The van der Waals surface area contributed by atoms with Crippen molar-refractivity contribution in [2.75, 3.05) is 18.4 Å². The molecule has 0 aliphatic heterocycles. The molecule has 0 bridgehead atoms. The molecule has 1 aromatic carbocycles. The van der Waals surface area contributed by atoms with E-state index in [0.717, 1.165) is 13.0 Å². The Bertz CT molecular complexity index is 598. The van der Waals surface area contributed by atoms with Crippen molar-refractivity contribution in [1.29, 1.82) is 0 Å². The van der Waals surface area contributed by atoms with Gasteiger partial charge < -0.3 is 10.6 Å². The van der Waals surface area contributed by atoms with Crippen molar-refractivity contribution in [3.8, 4) is 0 Å². The van der Waals surface area contributed by atoms with Crippen LogP contribution in [0.15, 0.2) is 55.4 Å². The highest BCUT2D eigenvalue weighted by atomic mass is 16.1. The van der Waals surface area contributed by atoms with Crippen LogP contribution in [0.5, 0.6) is 0 Å². The van der Waals surface area contributed by atoms with Crippen molar-refractivity contribution in [2.24, 2.45) is 0 Å². The van der Waals surface area contributed by atoms with Gasteiger partial charge in [-0.1, -0.05) is 36.4 Å². The molecule has 0 atom stereocenters. The van der Waals surface area contributed by atoms with E-state index in [4.69, 9.17) is 0 Å². The van der Waals surface area contributed by atoms with Crippen molar-refractivity contribution >= 4 is 11.7 Å². The Labute approximate surface area is 124 Å². The van der Waals surface area contributed by atoms with E-state index in [9.17, 15) is 4.79 Å². The van der Waals surface area contributed by atoms with Gasteiger partial charge in [0.25, 0.3) is 5.91 Å². The molecule has 0 aliphatic carbocycles. The van der Waals surface area contributed by atoms with Gasteiger partial charge in [0.1, 0.15) is 17.8 Å². The largest absolute Gasteiger partial charge is 0.370 e. The van der Waals surface area contributed by atoms with Gasteiger partial charge in [0, 0.05) is 19.2 Å². The van der Waals surface area contributed by atoms with Crippen molar-refractivity contribution in [3.63, 3.8) is 0 Å². The third-order valence-corrected chi connectivity index (χ3v) is 2.87. The number of carbonyl (C=O) groups excluding carboxylic acids is 1. The van der Waals surface area contributed by atoms with Gasteiger partial charge in [-0.2, -0.15) is 0 Å². The van der Waals surface area contributed by atoms with Gasteiger partial charge in [-0.3, -0.25) is 4.79 Å². The molecule has 1 aromatic heterocycles. The number of nitrogens with zero attached hydrogens (tertiary/aromatic N) is 2. The Morgan fingerprint density at radius 2 is 2.05 bits per heavy atom. The first-order chi connectivity index (χ1) is 10.3. The molecule has 0 saturated heterocycles. The van der Waals surface area contributed by atoms with E-state index < -0.39 is 0 Å². The average Bonchev–Trinajstić information content (AvgIpc) is 2.54. The number of amides is 1. The van der Waals surface area contributed by atoms with Crippen molar-refractivity contribution in [3.05, 3.63) is 66.6 Å². The van der Waals surface area contributed by atoms with Gasteiger partial charge in [0.15, 0.2) is 0 Å². The van der Waals surface area contributed by atoms with Crippen LogP contribution in [0.1, 0.15) is 16.1 Å². The molecule has 21 heavy (non-hydrogen) atoms. The molecule has 0 fully saturated rings. The molecule has 2 rings (SSSR count). The monoisotopic (exact) mass is 282 g/mol. The summed E-state index contributed by atoms with van der Waals surface area (Å²) < 4.78 is 0. The summed E-state index contributed by atoms with van der Waals surface area (Å²) >= 11 is 0. The average molecular weight is 282 g/mol. The Hall–Kier alpha value is -2.69. The molecule has 0 aliphatic rings. The van der Waals surface area contributed by atoms with Crippen LogP contribution in [0.3, 0.4) is 0 Å². The standard InChI is InChI=1S/C16H18N4O/c1-2-9-18-16(21)14-11-15(20-12-19-14)17-10-8-13-6-4-3-5-7-13/h2-7,11-12H,1,8-10H2,(H,18,21)(H,17,19,20). The maximum Gasteiger partial charge on any atom is 0.270 e. The number of rotatable bonds is 7. The predicted octanol–water partition coefficient (Wildman–Crippen LogP) is 2.05. The summed E-state index contributed by atoms with van der Waals surface area (Å²) in [5.74, 6) is 0.410. The summed E-state index contributed by atoms with van der Waals surface area (Å²) in [4.78, 5) is 19.8. The summed E-state index contributed by atoms with van der Waals surface area (Å²) in [6, 6.07) is 11.8. The van der Waals surface area contributed by atoms with Gasteiger partial charge in [-0.05, 0) is 12.0 Å². The Kier molecular flexibility index (Phi) is 5.46. The second-order valence-corrected chi connectivity index (χ2v) is 4.45. The van der Waals surface area contributed by atoms with Crippen LogP contribution in [-0.4, -0.2) is 29.0 Å². The van der Waals surface area contributed by atoms with Gasteiger partial charge in [0.05, 0.1) is 0 Å². The fourth-order valence-electron chi connectivity index (χ4n) is 1.81. The predicted molar refractivity (Wildman–Crippen MR) is 83.2 cm³/mol. The van der Waals surface area contributed by atoms with E-state index in [-0.39, 0.29) is 5.91 Å². The van der Waals surface area contributed by atoms with Crippen molar-refractivity contribution < 1.29 is 4.79 Å². The lowest BCUT2D eigenvalue weighted by Gasteiger charge is -2.07. The molecule has 1 amide bonds. The van der Waals surface area contributed by atoms with Crippen LogP contribution in [0.25, 0.3) is 0 Å². The molecule has 2 N–H and O–H groups in total. The molecule has 0 radical (unpaired) electrons. The lowest BCUT2D eigenvalue weighted by atomic mass is 10.1. The molecule has 5 heteroatoms. The van der Waals surface area contributed by atoms with E-state index in [1.54, 1.807) is 12.1 Å². The molecule has 1 heterocycles. The Balaban J connectivity index is 1.89. The van der Waals surface area contributed by atoms with E-state index in [1.165, 1.54) is 11.9 Å². The fraction of sp³-hybridized carbons (Fsp3) is 0.188. The first kappa shape index (κ1) is 14.7. The lowest BCUT2D eigenvalue weighted by molar-refractivity contribution is 0.0953. The molecular formula is C16H18N4O. The Morgan fingerprint density at radius 1 is 1.24 bits per heavy atom. The summed E-state index contributed by atoms with van der Waals surface area (Å²) in [7, 11) is 0. The lowest BCUT2D eigenvalue weighted by Crippen LogP contribution is -2.24. The highest BCUT2D eigenvalue weighted by Gasteiger charge is 2.07. The number of hydrogen-bond acceptors (Lipinski definition) is 4. The zero-order chi connectivity index (χ0) is 14.9. The minimum atomic E-state index is -0.233. The fourth-order valence-corrected chi connectivity index (χ4v) is 1.81. The van der Waals surface area contributed by atoms with Crippen molar-refractivity contribution in [1.82, 2.24) is 15.3 Å². The zero-order valence-corrected chi connectivity index (χ0v) is 11.7. The molecular weight excluding hydrogens is 264 g/mol. The van der Waals surface area contributed by atoms with Gasteiger partial charge in [-0.25, -0.2) is 9.97 Å². The molecule has 2 aromatic rings. The van der Waals surface area contributed by atoms with Crippen molar-refractivity contribution in [2.45, 2.75) is 6.42 Å². The van der Waals surface area contributed by atoms with Gasteiger partial charge in [-0.15, -0.1) is 6.58 Å². The zero-order valence-electron chi connectivity index (χ0n) is 11.7. The second kappa shape index (κ2) is 7.79. The maximum absolute atomic E-state index is 11.8. The number of aromatic nitrogens is 2. The molecule has 5 nitrogen and oxygen atoms in total. The highest BCUT2D eigenvalue weighted by molar-refractivity contribution is 5.92. The number of nitrogens with one attached hydrogen (secondary N) is 2. The van der Waals surface area contributed by atoms with Crippen LogP contribution in [0, 0.1) is 0 Å². The summed E-state index contributed by atoms with van der Waals surface area (Å²) in [6.45, 7) is 4.71. The SMILES string of the molecule is C=CCNC(=O)c1cc(NCCc2ccccc2)ncn1. The quantitative estimate of drug-likeness (QED) is 0.763. The normalized spacial score (nSPS) is 9.90. The van der Waals surface area contributed by atoms with Crippen LogP contribution in [0.2, 0.25) is 0 Å². The molecule has 0 spiro atoms. The Morgan fingerprint density at radius 3 is 2.81 bits per heavy atom. The van der Waals surface area contributed by atoms with Crippen LogP contribution in [0.4, 0.5) is 5.82 Å². The first-order valence-corrected chi connectivity index (χ1v) is 6.78. The van der Waals surface area contributed by atoms with Crippen LogP contribution in [-0.2, 0) is 6.42 Å². The minimum Gasteiger partial charge on any atom is -0.370 e. The summed E-state index contributed by atoms with van der Waals surface area (Å²) in [5, 5.41) is 5.88. The van der Waals surface area contributed by atoms with E-state index in [2.05, 4.69) is 39.3 Å². The number of benzene rings is 1. The topological polar surface area (TPSA) is 66.9 Å². The number of carbonyl (C=O) groups is 1. The minimum absolute atomic E-state index is 0.233. The number of hydrogen-bond donors (Lipinski definition) is 2. The first-order valence-electron chi connectivity index (χ1n) is 6.78. The third kappa shape index (κ3) is 4.72. The smallest absolute Gasteiger partial charge is 0.270 e. The highest BCUT2D eigenvalue weighted by Crippen LogP contribution is 2.05. The van der Waals surface area contributed by atoms with E-state index >= 15 is 0 Å². The summed E-state index contributed by atoms with van der Waals surface area (Å²) in [5.41, 5.74) is 1.59. The van der Waals surface area contributed by atoms with Crippen LogP contribution >= 0.6 is 0 Å². The third-order valence-electron chi connectivity index (χ3n) is 2.87. The summed E-state index contributed by atoms with van der Waals surface area (Å²) in [6.07, 6.45) is 3.90. The van der Waals surface area contributed by atoms with E-state index in [0.29, 0.717) is 18.1 Å². The molecule has 108 valence electrons. The molecule has 0 unspecified atom stereocenters.